The van der Waals surface area contributed by atoms with Gasteiger partial charge < -0.3 is 5.32 Å². The van der Waals surface area contributed by atoms with Crippen molar-refractivity contribution in [1.82, 2.24) is 9.38 Å². The SMILES string of the molecule is Cc1cc(C)c(NC(=O)c2c(C)nc3ccc(C)cn23)c(C)c1. The Labute approximate surface area is 136 Å². The molecule has 0 radical (unpaired) electrons. The first-order valence-corrected chi connectivity index (χ1v) is 7.71. The van der Waals surface area contributed by atoms with Crippen molar-refractivity contribution in [3.05, 3.63) is 64.1 Å². The maximum atomic E-state index is 12.8. The Kier molecular flexibility index (Phi) is 3.68. The van der Waals surface area contributed by atoms with Crippen LogP contribution in [0.5, 0.6) is 0 Å². The lowest BCUT2D eigenvalue weighted by molar-refractivity contribution is 0.102. The Morgan fingerprint density at radius 3 is 2.30 bits per heavy atom. The molecule has 0 unspecified atom stereocenters. The number of fused-ring (bicyclic) bond motifs is 1. The number of imidazole rings is 1. The summed E-state index contributed by atoms with van der Waals surface area (Å²) in [5.74, 6) is -0.129. The third kappa shape index (κ3) is 2.72. The zero-order valence-corrected chi connectivity index (χ0v) is 14.2. The molecule has 0 aliphatic carbocycles. The van der Waals surface area contributed by atoms with E-state index >= 15 is 0 Å². The number of amides is 1. The van der Waals surface area contributed by atoms with Crippen LogP contribution in [0, 0.1) is 34.6 Å². The second kappa shape index (κ2) is 5.54. The number of rotatable bonds is 2. The minimum Gasteiger partial charge on any atom is -0.320 e. The minimum absolute atomic E-state index is 0.129. The van der Waals surface area contributed by atoms with Gasteiger partial charge in [-0.1, -0.05) is 23.8 Å². The summed E-state index contributed by atoms with van der Waals surface area (Å²) in [6.07, 6.45) is 1.94. The third-order valence-electron chi connectivity index (χ3n) is 4.07. The molecule has 2 heterocycles. The second-order valence-corrected chi connectivity index (χ2v) is 6.21. The van der Waals surface area contributed by atoms with Gasteiger partial charge >= 0.3 is 0 Å². The summed E-state index contributed by atoms with van der Waals surface area (Å²) >= 11 is 0. The molecule has 0 saturated heterocycles. The van der Waals surface area contributed by atoms with E-state index in [0.717, 1.165) is 33.7 Å². The molecule has 23 heavy (non-hydrogen) atoms. The lowest BCUT2D eigenvalue weighted by Gasteiger charge is -2.13. The van der Waals surface area contributed by atoms with Gasteiger partial charge in [-0.05, 0) is 57.4 Å². The Balaban J connectivity index is 2.05. The average molecular weight is 307 g/mol. The van der Waals surface area contributed by atoms with Gasteiger partial charge in [0.25, 0.3) is 5.91 Å². The van der Waals surface area contributed by atoms with Crippen LogP contribution in [0.25, 0.3) is 5.65 Å². The Morgan fingerprint density at radius 2 is 1.65 bits per heavy atom. The summed E-state index contributed by atoms with van der Waals surface area (Å²) in [6, 6.07) is 8.08. The van der Waals surface area contributed by atoms with Gasteiger partial charge in [0.15, 0.2) is 0 Å². The highest BCUT2D eigenvalue weighted by atomic mass is 16.2. The van der Waals surface area contributed by atoms with Crippen molar-refractivity contribution < 1.29 is 4.79 Å². The predicted octanol–water partition coefficient (Wildman–Crippen LogP) is 4.13. The molecule has 0 atom stereocenters. The fraction of sp³-hybridized carbons (Fsp3) is 0.263. The monoisotopic (exact) mass is 307 g/mol. The van der Waals surface area contributed by atoms with Crippen LogP contribution in [0.2, 0.25) is 0 Å². The van der Waals surface area contributed by atoms with Crippen molar-refractivity contribution in [2.45, 2.75) is 34.6 Å². The van der Waals surface area contributed by atoms with Gasteiger partial charge in [0, 0.05) is 11.9 Å². The molecular weight excluding hydrogens is 286 g/mol. The molecule has 4 heteroatoms. The molecule has 0 fully saturated rings. The molecule has 3 rings (SSSR count). The Bertz CT molecular complexity index is 899. The molecule has 118 valence electrons. The van der Waals surface area contributed by atoms with E-state index in [1.807, 2.05) is 50.4 Å². The van der Waals surface area contributed by atoms with Gasteiger partial charge in [-0.25, -0.2) is 4.98 Å². The standard InChI is InChI=1S/C19H21N3O/c1-11-6-7-16-20-15(5)18(22(16)10-11)19(23)21-17-13(3)8-12(2)9-14(17)4/h6-10H,1-5H3,(H,21,23). The quantitative estimate of drug-likeness (QED) is 0.774. The number of nitrogens with one attached hydrogen (secondary N) is 1. The number of nitrogens with zero attached hydrogens (tertiary/aromatic N) is 2. The number of aryl methyl sites for hydroxylation is 5. The van der Waals surface area contributed by atoms with Gasteiger partial charge in [-0.2, -0.15) is 0 Å². The molecule has 1 N–H and O–H groups in total. The van der Waals surface area contributed by atoms with Crippen molar-refractivity contribution in [2.75, 3.05) is 5.32 Å². The number of pyridine rings is 1. The number of carbonyl (C=O) groups is 1. The maximum Gasteiger partial charge on any atom is 0.274 e. The van der Waals surface area contributed by atoms with Crippen LogP contribution in [0.4, 0.5) is 5.69 Å². The first kappa shape index (κ1) is 15.3. The Morgan fingerprint density at radius 1 is 1.00 bits per heavy atom. The van der Waals surface area contributed by atoms with Crippen molar-refractivity contribution in [2.24, 2.45) is 0 Å². The van der Waals surface area contributed by atoms with E-state index in [2.05, 4.69) is 29.4 Å². The average Bonchev–Trinajstić information content (AvgIpc) is 2.77. The summed E-state index contributed by atoms with van der Waals surface area (Å²) in [4.78, 5) is 17.3. The molecule has 4 nitrogen and oxygen atoms in total. The van der Waals surface area contributed by atoms with E-state index < -0.39 is 0 Å². The maximum absolute atomic E-state index is 12.8. The summed E-state index contributed by atoms with van der Waals surface area (Å²) < 4.78 is 1.86. The zero-order chi connectivity index (χ0) is 16.7. The van der Waals surface area contributed by atoms with Crippen molar-refractivity contribution in [1.29, 1.82) is 0 Å². The fourth-order valence-electron chi connectivity index (χ4n) is 3.09. The van der Waals surface area contributed by atoms with E-state index in [1.54, 1.807) is 0 Å². The number of carbonyl (C=O) groups excluding carboxylic acids is 1. The molecule has 0 bridgehead atoms. The fourth-order valence-corrected chi connectivity index (χ4v) is 3.09. The van der Waals surface area contributed by atoms with Crippen LogP contribution in [-0.2, 0) is 0 Å². The minimum atomic E-state index is -0.129. The highest BCUT2D eigenvalue weighted by molar-refractivity contribution is 6.05. The molecule has 0 saturated carbocycles. The molecule has 2 aromatic heterocycles. The molecular formula is C19H21N3O. The smallest absolute Gasteiger partial charge is 0.274 e. The topological polar surface area (TPSA) is 46.4 Å². The molecule has 1 amide bonds. The first-order valence-electron chi connectivity index (χ1n) is 7.71. The highest BCUT2D eigenvalue weighted by Gasteiger charge is 2.18. The van der Waals surface area contributed by atoms with E-state index in [1.165, 1.54) is 5.56 Å². The van der Waals surface area contributed by atoms with Crippen LogP contribution in [0.1, 0.15) is 38.4 Å². The number of anilines is 1. The zero-order valence-electron chi connectivity index (χ0n) is 14.2. The van der Waals surface area contributed by atoms with Gasteiger partial charge in [0.05, 0.1) is 5.69 Å². The van der Waals surface area contributed by atoms with Gasteiger partial charge in [-0.15, -0.1) is 0 Å². The van der Waals surface area contributed by atoms with E-state index in [4.69, 9.17) is 0 Å². The molecule has 3 aromatic rings. The van der Waals surface area contributed by atoms with Crippen LogP contribution in [0.3, 0.4) is 0 Å². The predicted molar refractivity (Wildman–Crippen MR) is 93.3 cm³/mol. The molecule has 1 aromatic carbocycles. The second-order valence-electron chi connectivity index (χ2n) is 6.21. The molecule has 0 aliphatic rings. The third-order valence-corrected chi connectivity index (χ3v) is 4.07. The highest BCUT2D eigenvalue weighted by Crippen LogP contribution is 2.23. The van der Waals surface area contributed by atoms with E-state index in [-0.39, 0.29) is 5.91 Å². The number of benzene rings is 1. The lowest BCUT2D eigenvalue weighted by Crippen LogP contribution is -2.17. The summed E-state index contributed by atoms with van der Waals surface area (Å²) in [6.45, 7) is 9.96. The Hall–Kier alpha value is -2.62. The first-order chi connectivity index (χ1) is 10.9. The summed E-state index contributed by atoms with van der Waals surface area (Å²) in [5.41, 5.74) is 7.40. The number of hydrogen-bond donors (Lipinski definition) is 1. The largest absolute Gasteiger partial charge is 0.320 e. The van der Waals surface area contributed by atoms with E-state index in [9.17, 15) is 4.79 Å². The molecule has 0 aliphatic heterocycles. The van der Waals surface area contributed by atoms with Crippen LogP contribution < -0.4 is 5.32 Å². The lowest BCUT2D eigenvalue weighted by atomic mass is 10.0. The van der Waals surface area contributed by atoms with Crippen LogP contribution in [-0.4, -0.2) is 15.3 Å². The molecule has 0 spiro atoms. The van der Waals surface area contributed by atoms with Crippen molar-refractivity contribution >= 4 is 17.2 Å². The van der Waals surface area contributed by atoms with Gasteiger partial charge in [0.1, 0.15) is 11.3 Å². The number of aromatic nitrogens is 2. The summed E-state index contributed by atoms with van der Waals surface area (Å²) in [7, 11) is 0. The van der Waals surface area contributed by atoms with Gasteiger partial charge in [0.2, 0.25) is 0 Å². The number of hydrogen-bond acceptors (Lipinski definition) is 2. The summed E-state index contributed by atoms with van der Waals surface area (Å²) in [5, 5.41) is 3.06. The van der Waals surface area contributed by atoms with Gasteiger partial charge in [-0.3, -0.25) is 9.20 Å². The van der Waals surface area contributed by atoms with Crippen LogP contribution >= 0.6 is 0 Å². The van der Waals surface area contributed by atoms with Crippen LogP contribution in [0.15, 0.2) is 30.5 Å². The normalized spacial score (nSPS) is 11.0. The van der Waals surface area contributed by atoms with Crippen molar-refractivity contribution in [3.8, 4) is 0 Å². The van der Waals surface area contributed by atoms with E-state index in [0.29, 0.717) is 5.69 Å². The van der Waals surface area contributed by atoms with Crippen molar-refractivity contribution in [3.63, 3.8) is 0 Å².